The van der Waals surface area contributed by atoms with Crippen LogP contribution < -0.4 is 10.3 Å². The minimum Gasteiger partial charge on any atom is -0.423 e. The number of pyridine rings is 1. The smallest absolute Gasteiger partial charge is 0.322 e. The van der Waals surface area contributed by atoms with E-state index in [1.165, 1.54) is 22.8 Å². The lowest BCUT2D eigenvalue weighted by molar-refractivity contribution is 0.434. The average Bonchev–Trinajstić information content (AvgIpc) is 2.71. The van der Waals surface area contributed by atoms with Crippen molar-refractivity contribution in [3.05, 3.63) is 69.5 Å². The molecule has 0 saturated carbocycles. The first-order valence-corrected chi connectivity index (χ1v) is 11.6. The van der Waals surface area contributed by atoms with Crippen LogP contribution in [0, 0.1) is 24.1 Å². The minimum atomic E-state index is -3.42. The van der Waals surface area contributed by atoms with Crippen LogP contribution in [0.4, 0.5) is 4.39 Å². The standard InChI is InChI=1S/C22H21FN4O4S/c1-4-7-32(29,30)13-18-10-19(15-5-6-20(28)27(3)12-15)26-22(25-18)31-21-14(2)8-17(23)9-16(21)11-24/h5-6,8-10,12H,4,7,13H2,1-3H3. The number of hydrogen-bond donors (Lipinski definition) is 0. The summed E-state index contributed by atoms with van der Waals surface area (Å²) in [6.45, 7) is 3.34. The van der Waals surface area contributed by atoms with Gasteiger partial charge in [0.1, 0.15) is 11.9 Å². The van der Waals surface area contributed by atoms with Gasteiger partial charge >= 0.3 is 6.01 Å². The molecule has 0 N–H and O–H groups in total. The quantitative estimate of drug-likeness (QED) is 0.536. The van der Waals surface area contributed by atoms with E-state index in [9.17, 15) is 22.9 Å². The Morgan fingerprint density at radius 3 is 2.62 bits per heavy atom. The Bertz CT molecular complexity index is 1380. The van der Waals surface area contributed by atoms with Crippen molar-refractivity contribution in [2.24, 2.45) is 7.05 Å². The first kappa shape index (κ1) is 23.1. The van der Waals surface area contributed by atoms with Crippen molar-refractivity contribution in [3.63, 3.8) is 0 Å². The molecule has 32 heavy (non-hydrogen) atoms. The maximum atomic E-state index is 13.7. The van der Waals surface area contributed by atoms with Crippen LogP contribution in [0.15, 0.2) is 41.3 Å². The maximum absolute atomic E-state index is 13.7. The molecule has 2 heterocycles. The Kier molecular flexibility index (Phi) is 6.69. The number of halogens is 1. The van der Waals surface area contributed by atoms with Gasteiger partial charge in [-0.25, -0.2) is 12.8 Å². The Hall–Kier alpha value is -3.58. The third-order valence-corrected chi connectivity index (χ3v) is 6.34. The Morgan fingerprint density at radius 2 is 1.97 bits per heavy atom. The van der Waals surface area contributed by atoms with Crippen molar-refractivity contribution >= 4 is 9.84 Å². The first-order chi connectivity index (χ1) is 15.1. The molecular weight excluding hydrogens is 435 g/mol. The number of aromatic nitrogens is 3. The van der Waals surface area contributed by atoms with E-state index >= 15 is 0 Å². The predicted molar refractivity (Wildman–Crippen MR) is 116 cm³/mol. The Balaban J connectivity index is 2.13. The number of hydrogen-bond acceptors (Lipinski definition) is 7. The summed E-state index contributed by atoms with van der Waals surface area (Å²) in [6.07, 6.45) is 2.02. The largest absolute Gasteiger partial charge is 0.423 e. The van der Waals surface area contributed by atoms with E-state index in [1.54, 1.807) is 33.2 Å². The van der Waals surface area contributed by atoms with Crippen molar-refractivity contribution in [1.29, 1.82) is 5.26 Å². The van der Waals surface area contributed by atoms with Gasteiger partial charge in [-0.1, -0.05) is 6.92 Å². The highest BCUT2D eigenvalue weighted by Crippen LogP contribution is 2.30. The zero-order valence-electron chi connectivity index (χ0n) is 17.8. The molecule has 0 amide bonds. The van der Waals surface area contributed by atoms with E-state index in [2.05, 4.69) is 9.97 Å². The molecule has 1 aromatic carbocycles. The van der Waals surface area contributed by atoms with Crippen LogP contribution >= 0.6 is 0 Å². The zero-order chi connectivity index (χ0) is 23.5. The molecule has 0 saturated heterocycles. The van der Waals surface area contributed by atoms with Gasteiger partial charge in [-0.05, 0) is 43.2 Å². The average molecular weight is 456 g/mol. The molecule has 0 unspecified atom stereocenters. The topological polar surface area (TPSA) is 115 Å². The zero-order valence-corrected chi connectivity index (χ0v) is 18.6. The Labute approximate surface area is 184 Å². The van der Waals surface area contributed by atoms with Crippen molar-refractivity contribution in [3.8, 4) is 29.1 Å². The van der Waals surface area contributed by atoms with Gasteiger partial charge in [0.25, 0.3) is 0 Å². The first-order valence-electron chi connectivity index (χ1n) is 9.75. The number of ether oxygens (including phenoxy) is 1. The third-order valence-electron chi connectivity index (χ3n) is 4.58. The number of benzene rings is 1. The maximum Gasteiger partial charge on any atom is 0.322 e. The van der Waals surface area contributed by atoms with Gasteiger partial charge in [-0.3, -0.25) is 4.79 Å². The molecule has 0 aliphatic heterocycles. The molecule has 0 fully saturated rings. The molecule has 0 radical (unpaired) electrons. The lowest BCUT2D eigenvalue weighted by Crippen LogP contribution is -2.14. The number of sulfone groups is 1. The summed E-state index contributed by atoms with van der Waals surface area (Å²) >= 11 is 0. The van der Waals surface area contributed by atoms with E-state index in [1.807, 2.05) is 6.07 Å². The fraction of sp³-hybridized carbons (Fsp3) is 0.273. The third kappa shape index (κ3) is 5.36. The van der Waals surface area contributed by atoms with Gasteiger partial charge in [0.2, 0.25) is 5.56 Å². The second-order valence-corrected chi connectivity index (χ2v) is 9.48. The van der Waals surface area contributed by atoms with Crippen molar-refractivity contribution in [1.82, 2.24) is 14.5 Å². The molecule has 3 rings (SSSR count). The summed E-state index contributed by atoms with van der Waals surface area (Å²) in [5.41, 5.74) is 1.18. The molecule has 0 aliphatic carbocycles. The van der Waals surface area contributed by atoms with Crippen LogP contribution in [-0.4, -0.2) is 28.7 Å². The van der Waals surface area contributed by atoms with Gasteiger partial charge < -0.3 is 9.30 Å². The number of nitriles is 1. The molecule has 3 aromatic rings. The van der Waals surface area contributed by atoms with Crippen LogP contribution in [0.5, 0.6) is 11.8 Å². The highest BCUT2D eigenvalue weighted by molar-refractivity contribution is 7.90. The van der Waals surface area contributed by atoms with E-state index in [4.69, 9.17) is 4.74 Å². The van der Waals surface area contributed by atoms with E-state index in [-0.39, 0.29) is 40.1 Å². The summed E-state index contributed by atoms with van der Waals surface area (Å²) in [5, 5.41) is 9.35. The van der Waals surface area contributed by atoms with Crippen molar-refractivity contribution in [2.75, 3.05) is 5.75 Å². The normalized spacial score (nSPS) is 11.2. The molecule has 0 bridgehead atoms. The fourth-order valence-corrected chi connectivity index (χ4v) is 4.50. The number of aryl methyl sites for hydroxylation is 2. The second-order valence-electron chi connectivity index (χ2n) is 7.30. The number of rotatable bonds is 7. The highest BCUT2D eigenvalue weighted by Gasteiger charge is 2.18. The second kappa shape index (κ2) is 9.28. The molecule has 2 aromatic heterocycles. The van der Waals surface area contributed by atoms with Crippen LogP contribution in [0.25, 0.3) is 11.3 Å². The van der Waals surface area contributed by atoms with Gasteiger partial charge in [0.15, 0.2) is 15.6 Å². The molecule has 166 valence electrons. The van der Waals surface area contributed by atoms with Crippen LogP contribution in [0.1, 0.15) is 30.2 Å². The lowest BCUT2D eigenvalue weighted by atomic mass is 10.1. The van der Waals surface area contributed by atoms with Gasteiger partial charge in [0.05, 0.1) is 28.5 Å². The van der Waals surface area contributed by atoms with E-state index in [0.29, 0.717) is 23.2 Å². The van der Waals surface area contributed by atoms with Gasteiger partial charge in [-0.15, -0.1) is 0 Å². The Morgan fingerprint density at radius 1 is 1.22 bits per heavy atom. The molecule has 0 spiro atoms. The summed E-state index contributed by atoms with van der Waals surface area (Å²) < 4.78 is 45.5. The van der Waals surface area contributed by atoms with Gasteiger partial charge in [0, 0.05) is 24.9 Å². The summed E-state index contributed by atoms with van der Waals surface area (Å²) in [5.74, 6) is -0.837. The van der Waals surface area contributed by atoms with E-state index in [0.717, 1.165) is 6.07 Å². The monoisotopic (exact) mass is 456 g/mol. The van der Waals surface area contributed by atoms with Crippen LogP contribution in [-0.2, 0) is 22.6 Å². The van der Waals surface area contributed by atoms with Crippen molar-refractivity contribution < 1.29 is 17.5 Å². The molecule has 10 heteroatoms. The molecular formula is C22H21FN4O4S. The highest BCUT2D eigenvalue weighted by atomic mass is 32.2. The summed E-state index contributed by atoms with van der Waals surface area (Å²) in [7, 11) is -1.84. The van der Waals surface area contributed by atoms with Crippen LogP contribution in [0.2, 0.25) is 0 Å². The number of nitrogens with zero attached hydrogens (tertiary/aromatic N) is 4. The summed E-state index contributed by atoms with van der Waals surface area (Å²) in [6, 6.07) is 8.36. The molecule has 0 atom stereocenters. The minimum absolute atomic E-state index is 0.00197. The fourth-order valence-electron chi connectivity index (χ4n) is 3.13. The predicted octanol–water partition coefficient (Wildman–Crippen LogP) is 3.28. The summed E-state index contributed by atoms with van der Waals surface area (Å²) in [4.78, 5) is 20.3. The SMILES string of the molecule is CCCS(=O)(=O)Cc1cc(-c2ccc(=O)n(C)c2)nc(Oc2c(C)cc(F)cc2C#N)n1. The van der Waals surface area contributed by atoms with Gasteiger partial charge in [-0.2, -0.15) is 15.2 Å². The van der Waals surface area contributed by atoms with E-state index < -0.39 is 15.7 Å². The lowest BCUT2D eigenvalue weighted by Gasteiger charge is -2.12. The molecule has 8 nitrogen and oxygen atoms in total. The van der Waals surface area contributed by atoms with Crippen LogP contribution in [0.3, 0.4) is 0 Å². The molecule has 0 aliphatic rings. The van der Waals surface area contributed by atoms with Crippen molar-refractivity contribution in [2.45, 2.75) is 26.0 Å².